The predicted octanol–water partition coefficient (Wildman–Crippen LogP) is 1.08. The summed E-state index contributed by atoms with van der Waals surface area (Å²) in [5.74, 6) is -0.0108. The highest BCUT2D eigenvalue weighted by atomic mass is 16.4. The van der Waals surface area contributed by atoms with Gasteiger partial charge in [-0.1, -0.05) is 12.1 Å². The van der Waals surface area contributed by atoms with Crippen LogP contribution in [0.25, 0.3) is 11.1 Å². The van der Waals surface area contributed by atoms with Crippen LogP contribution >= 0.6 is 0 Å². The van der Waals surface area contributed by atoms with Crippen LogP contribution in [0, 0.1) is 0 Å². The molecule has 1 atom stereocenters. The molecular weight excluding hydrogens is 358 g/mol. The Hall–Kier alpha value is -2.61. The zero-order valence-electron chi connectivity index (χ0n) is 16.4. The molecule has 4 rings (SSSR count). The molecule has 8 nitrogen and oxygen atoms in total. The molecule has 2 aliphatic heterocycles. The van der Waals surface area contributed by atoms with Crippen molar-refractivity contribution >= 4 is 28.9 Å². The Morgan fingerprint density at radius 2 is 1.96 bits per heavy atom. The first kappa shape index (κ1) is 18.7. The lowest BCUT2D eigenvalue weighted by Crippen LogP contribution is -2.59. The van der Waals surface area contributed by atoms with Gasteiger partial charge in [0.15, 0.2) is 5.58 Å². The number of amides is 2. The predicted molar refractivity (Wildman–Crippen MR) is 106 cm³/mol. The third-order valence-corrected chi connectivity index (χ3v) is 5.59. The second-order valence-corrected chi connectivity index (χ2v) is 7.67. The first-order valence-corrected chi connectivity index (χ1v) is 9.94. The van der Waals surface area contributed by atoms with Gasteiger partial charge in [0.25, 0.3) is 6.01 Å². The number of nitrogens with one attached hydrogen (secondary N) is 1. The molecule has 0 bridgehead atoms. The Kier molecular flexibility index (Phi) is 5.21. The van der Waals surface area contributed by atoms with Crippen molar-refractivity contribution in [3.63, 3.8) is 0 Å². The van der Waals surface area contributed by atoms with E-state index in [1.165, 1.54) is 0 Å². The number of rotatable bonds is 4. The lowest BCUT2D eigenvalue weighted by Gasteiger charge is -2.39. The van der Waals surface area contributed by atoms with Gasteiger partial charge in [0.1, 0.15) is 5.52 Å². The van der Waals surface area contributed by atoms with Crippen LogP contribution in [0.2, 0.25) is 0 Å². The lowest BCUT2D eigenvalue weighted by atomic mass is 10.1. The summed E-state index contributed by atoms with van der Waals surface area (Å²) in [7, 11) is 0. The third-order valence-electron chi connectivity index (χ3n) is 5.59. The number of hydrogen-bond acceptors (Lipinski definition) is 6. The molecule has 3 heterocycles. The van der Waals surface area contributed by atoms with Gasteiger partial charge in [-0.3, -0.25) is 14.5 Å². The molecule has 1 aromatic heterocycles. The van der Waals surface area contributed by atoms with E-state index >= 15 is 0 Å². The van der Waals surface area contributed by atoms with Crippen molar-refractivity contribution in [1.29, 1.82) is 0 Å². The zero-order valence-corrected chi connectivity index (χ0v) is 16.4. The number of oxazole rings is 1. The molecular formula is C20H27N5O3. The third kappa shape index (κ3) is 3.69. The molecule has 150 valence electrons. The quantitative estimate of drug-likeness (QED) is 0.848. The van der Waals surface area contributed by atoms with Crippen LogP contribution < -0.4 is 10.2 Å². The number of carbonyl (C=O) groups excluding carboxylic acids is 2. The first-order chi connectivity index (χ1) is 13.5. The van der Waals surface area contributed by atoms with E-state index in [1.807, 2.05) is 29.2 Å². The van der Waals surface area contributed by atoms with E-state index < -0.39 is 0 Å². The second-order valence-electron chi connectivity index (χ2n) is 7.67. The van der Waals surface area contributed by atoms with Crippen LogP contribution in [0.3, 0.4) is 0 Å². The van der Waals surface area contributed by atoms with Gasteiger partial charge in [-0.2, -0.15) is 4.98 Å². The minimum atomic E-state index is -0.378. The minimum Gasteiger partial charge on any atom is -0.423 e. The maximum absolute atomic E-state index is 12.8. The van der Waals surface area contributed by atoms with Crippen molar-refractivity contribution in [2.75, 3.05) is 44.2 Å². The SMILES string of the molecule is CC(C)N1CCNC(=O)[C@@H]1CC(=O)N1CCN(c2nc3ccccc3o2)CC1. The zero-order chi connectivity index (χ0) is 19.7. The standard InChI is InChI=1S/C20H27N5O3/c1-14(2)25-8-7-21-19(27)16(25)13-18(26)23-9-11-24(12-10-23)20-22-15-5-3-4-6-17(15)28-20/h3-6,14,16H,7-13H2,1-2H3,(H,21,27)/t16-/m0/s1. The maximum atomic E-state index is 12.8. The fourth-order valence-electron chi connectivity index (χ4n) is 4.00. The molecule has 2 aliphatic rings. The molecule has 2 aromatic rings. The van der Waals surface area contributed by atoms with Crippen molar-refractivity contribution in [2.24, 2.45) is 0 Å². The van der Waals surface area contributed by atoms with Gasteiger partial charge in [0, 0.05) is 45.3 Å². The van der Waals surface area contributed by atoms with Crippen molar-refractivity contribution in [2.45, 2.75) is 32.4 Å². The van der Waals surface area contributed by atoms with Gasteiger partial charge in [-0.15, -0.1) is 0 Å². The molecule has 28 heavy (non-hydrogen) atoms. The number of nitrogens with zero attached hydrogens (tertiary/aromatic N) is 4. The summed E-state index contributed by atoms with van der Waals surface area (Å²) in [5.41, 5.74) is 1.61. The maximum Gasteiger partial charge on any atom is 0.298 e. The fraction of sp³-hybridized carbons (Fsp3) is 0.550. The largest absolute Gasteiger partial charge is 0.423 e. The number of hydrogen-bond donors (Lipinski definition) is 1. The smallest absolute Gasteiger partial charge is 0.298 e. The minimum absolute atomic E-state index is 0.0323. The van der Waals surface area contributed by atoms with Crippen LogP contribution in [-0.2, 0) is 9.59 Å². The van der Waals surface area contributed by atoms with Crippen LogP contribution in [0.5, 0.6) is 0 Å². The molecule has 8 heteroatoms. The summed E-state index contributed by atoms with van der Waals surface area (Å²) in [6.07, 6.45) is 0.229. The van der Waals surface area contributed by atoms with E-state index in [4.69, 9.17) is 4.42 Å². The summed E-state index contributed by atoms with van der Waals surface area (Å²) in [5, 5.41) is 2.89. The average Bonchev–Trinajstić information content (AvgIpc) is 3.13. The second kappa shape index (κ2) is 7.79. The Morgan fingerprint density at radius 1 is 1.21 bits per heavy atom. The topological polar surface area (TPSA) is 81.9 Å². The first-order valence-electron chi connectivity index (χ1n) is 9.94. The average molecular weight is 385 g/mol. The van der Waals surface area contributed by atoms with Crippen LogP contribution in [0.15, 0.2) is 28.7 Å². The van der Waals surface area contributed by atoms with Crippen LogP contribution in [0.1, 0.15) is 20.3 Å². The number of carbonyl (C=O) groups is 2. The van der Waals surface area contributed by atoms with E-state index in [-0.39, 0.29) is 30.3 Å². The molecule has 0 unspecified atom stereocenters. The highest BCUT2D eigenvalue weighted by molar-refractivity contribution is 5.89. The molecule has 0 aliphatic carbocycles. The van der Waals surface area contributed by atoms with Gasteiger partial charge < -0.3 is 19.5 Å². The van der Waals surface area contributed by atoms with Crippen molar-refractivity contribution in [1.82, 2.24) is 20.1 Å². The molecule has 2 saturated heterocycles. The van der Waals surface area contributed by atoms with E-state index in [9.17, 15) is 9.59 Å². The fourth-order valence-corrected chi connectivity index (χ4v) is 4.00. The Bertz CT molecular complexity index is 823. The van der Waals surface area contributed by atoms with E-state index in [1.54, 1.807) is 0 Å². The van der Waals surface area contributed by atoms with Gasteiger partial charge in [0.2, 0.25) is 11.8 Å². The van der Waals surface area contributed by atoms with E-state index in [0.717, 1.165) is 17.6 Å². The summed E-state index contributed by atoms with van der Waals surface area (Å²) in [6, 6.07) is 8.16. The van der Waals surface area contributed by atoms with Gasteiger partial charge in [-0.25, -0.2) is 0 Å². The van der Waals surface area contributed by atoms with Crippen LogP contribution in [0.4, 0.5) is 6.01 Å². The normalized spacial score (nSPS) is 21.4. The molecule has 1 aromatic carbocycles. The number of benzene rings is 1. The monoisotopic (exact) mass is 385 g/mol. The summed E-state index contributed by atoms with van der Waals surface area (Å²) in [4.78, 5) is 35.7. The highest BCUT2D eigenvalue weighted by Crippen LogP contribution is 2.23. The molecule has 0 saturated carbocycles. The van der Waals surface area contributed by atoms with Crippen LogP contribution in [-0.4, -0.2) is 78.0 Å². The number of para-hydroxylation sites is 2. The summed E-state index contributed by atoms with van der Waals surface area (Å²) >= 11 is 0. The van der Waals surface area contributed by atoms with Gasteiger partial charge >= 0.3 is 0 Å². The van der Waals surface area contributed by atoms with Crippen molar-refractivity contribution < 1.29 is 14.0 Å². The number of anilines is 1. The molecule has 2 fully saturated rings. The lowest BCUT2D eigenvalue weighted by molar-refractivity contribution is -0.139. The summed E-state index contributed by atoms with van der Waals surface area (Å²) in [6.45, 7) is 8.11. The van der Waals surface area contributed by atoms with E-state index in [0.29, 0.717) is 38.7 Å². The van der Waals surface area contributed by atoms with E-state index in [2.05, 4.69) is 33.9 Å². The van der Waals surface area contributed by atoms with Gasteiger partial charge in [-0.05, 0) is 26.0 Å². The Balaban J connectivity index is 1.36. The molecule has 0 spiro atoms. The molecule has 1 N–H and O–H groups in total. The van der Waals surface area contributed by atoms with Crippen molar-refractivity contribution in [3.05, 3.63) is 24.3 Å². The number of aromatic nitrogens is 1. The Labute approximate surface area is 164 Å². The molecule has 0 radical (unpaired) electrons. The molecule has 2 amide bonds. The number of fused-ring (bicyclic) bond motifs is 1. The highest BCUT2D eigenvalue weighted by Gasteiger charge is 2.35. The van der Waals surface area contributed by atoms with Crippen molar-refractivity contribution in [3.8, 4) is 0 Å². The Morgan fingerprint density at radius 3 is 2.68 bits per heavy atom. The summed E-state index contributed by atoms with van der Waals surface area (Å²) < 4.78 is 5.83. The van der Waals surface area contributed by atoms with Gasteiger partial charge in [0.05, 0.1) is 12.5 Å². The number of piperazine rings is 2.